The fourth-order valence-electron chi connectivity index (χ4n) is 1.73. The van der Waals surface area contributed by atoms with Gasteiger partial charge in [-0.25, -0.2) is 9.78 Å². The van der Waals surface area contributed by atoms with Crippen molar-refractivity contribution in [2.75, 3.05) is 6.61 Å². The molecule has 0 saturated heterocycles. The molecule has 23 heavy (non-hydrogen) atoms. The van der Waals surface area contributed by atoms with Crippen molar-refractivity contribution >= 4 is 11.9 Å². The number of carboxylic acids is 1. The van der Waals surface area contributed by atoms with Crippen LogP contribution < -0.4 is 10.1 Å². The minimum atomic E-state index is -4.57. The van der Waals surface area contributed by atoms with Crippen LogP contribution >= 0.6 is 0 Å². The third kappa shape index (κ3) is 6.54. The van der Waals surface area contributed by atoms with Crippen molar-refractivity contribution in [1.29, 1.82) is 0 Å². The number of carbonyl (C=O) groups is 2. The van der Waals surface area contributed by atoms with Gasteiger partial charge >= 0.3 is 12.1 Å². The first-order chi connectivity index (χ1) is 10.7. The average molecular weight is 334 g/mol. The van der Waals surface area contributed by atoms with Gasteiger partial charge in [0, 0.05) is 6.20 Å². The van der Waals surface area contributed by atoms with E-state index in [0.29, 0.717) is 6.42 Å². The Morgan fingerprint density at radius 1 is 1.43 bits per heavy atom. The number of carbonyl (C=O) groups excluding carboxylic acids is 1. The van der Waals surface area contributed by atoms with Gasteiger partial charge in [0.15, 0.2) is 6.61 Å². The zero-order valence-corrected chi connectivity index (χ0v) is 12.4. The molecule has 1 aromatic heterocycles. The van der Waals surface area contributed by atoms with Gasteiger partial charge in [-0.3, -0.25) is 4.79 Å². The Balaban J connectivity index is 2.84. The molecule has 1 atom stereocenters. The van der Waals surface area contributed by atoms with Gasteiger partial charge in [0.2, 0.25) is 5.88 Å². The molecule has 6 nitrogen and oxygen atoms in total. The summed E-state index contributed by atoms with van der Waals surface area (Å²) in [5.74, 6) is -2.56. The summed E-state index contributed by atoms with van der Waals surface area (Å²) < 4.78 is 41.1. The number of hydrogen-bond donors (Lipinski definition) is 2. The summed E-state index contributed by atoms with van der Waals surface area (Å²) >= 11 is 0. The molecule has 1 amide bonds. The normalized spacial score (nSPS) is 12.5. The molecule has 0 fully saturated rings. The van der Waals surface area contributed by atoms with Crippen LogP contribution in [0, 0.1) is 0 Å². The summed E-state index contributed by atoms with van der Waals surface area (Å²) in [5, 5.41) is 11.3. The summed E-state index contributed by atoms with van der Waals surface area (Å²) in [5.41, 5.74) is -0.250. The maximum absolute atomic E-state index is 12.2. The Labute approximate surface area is 130 Å². The maximum atomic E-state index is 12.2. The standard InChI is InChI=1S/C14H17F3N2O4/c1-2-3-6-10(13(21)22)19-11(20)9-5-4-7-18-12(9)23-8-14(15,16)17/h4-5,7,10H,2-3,6,8H2,1H3,(H,19,20)(H,21,22)/t10-/m0/s1. The van der Waals surface area contributed by atoms with Crippen LogP contribution in [-0.4, -0.2) is 40.8 Å². The minimum absolute atomic E-state index is 0.219. The molecule has 0 aliphatic rings. The Kier molecular flexibility index (Phi) is 6.80. The molecule has 1 aromatic rings. The van der Waals surface area contributed by atoms with E-state index in [1.165, 1.54) is 18.3 Å². The third-order valence-electron chi connectivity index (χ3n) is 2.84. The largest absolute Gasteiger partial charge is 0.480 e. The second-order valence-corrected chi connectivity index (χ2v) is 4.77. The molecule has 1 rings (SSSR count). The zero-order valence-electron chi connectivity index (χ0n) is 12.4. The molecule has 0 aliphatic carbocycles. The lowest BCUT2D eigenvalue weighted by Crippen LogP contribution is -2.41. The smallest absolute Gasteiger partial charge is 0.422 e. The number of ether oxygens (including phenoxy) is 1. The van der Waals surface area contributed by atoms with Gasteiger partial charge in [-0.15, -0.1) is 0 Å². The van der Waals surface area contributed by atoms with Crippen molar-refractivity contribution in [2.45, 2.75) is 38.4 Å². The van der Waals surface area contributed by atoms with E-state index in [0.717, 1.165) is 6.42 Å². The Morgan fingerprint density at radius 2 is 2.13 bits per heavy atom. The van der Waals surface area contributed by atoms with Crippen LogP contribution in [0.4, 0.5) is 13.2 Å². The molecule has 0 aliphatic heterocycles. The number of pyridine rings is 1. The van der Waals surface area contributed by atoms with Crippen LogP contribution in [0.2, 0.25) is 0 Å². The highest BCUT2D eigenvalue weighted by atomic mass is 19.4. The van der Waals surface area contributed by atoms with Gasteiger partial charge in [-0.05, 0) is 18.6 Å². The molecule has 0 saturated carbocycles. The van der Waals surface area contributed by atoms with Crippen LogP contribution in [0.1, 0.15) is 36.5 Å². The van der Waals surface area contributed by atoms with Crippen LogP contribution in [0.15, 0.2) is 18.3 Å². The van der Waals surface area contributed by atoms with Crippen LogP contribution in [0.5, 0.6) is 5.88 Å². The summed E-state index contributed by atoms with van der Waals surface area (Å²) in [4.78, 5) is 26.8. The predicted molar refractivity (Wildman–Crippen MR) is 74.2 cm³/mol. The second-order valence-electron chi connectivity index (χ2n) is 4.77. The summed E-state index contributed by atoms with van der Waals surface area (Å²) in [6, 6.07) is 1.43. The topological polar surface area (TPSA) is 88.5 Å². The van der Waals surface area contributed by atoms with Crippen molar-refractivity contribution in [3.8, 4) is 5.88 Å². The first-order valence-electron chi connectivity index (χ1n) is 6.93. The molecule has 0 radical (unpaired) electrons. The Bertz CT molecular complexity index is 549. The van der Waals surface area contributed by atoms with E-state index >= 15 is 0 Å². The highest BCUT2D eigenvalue weighted by molar-refractivity contribution is 5.98. The number of rotatable bonds is 8. The van der Waals surface area contributed by atoms with Crippen molar-refractivity contribution in [3.63, 3.8) is 0 Å². The molecule has 9 heteroatoms. The minimum Gasteiger partial charge on any atom is -0.480 e. The maximum Gasteiger partial charge on any atom is 0.422 e. The number of alkyl halides is 3. The van der Waals surface area contributed by atoms with E-state index in [1.54, 1.807) is 0 Å². The number of nitrogens with zero attached hydrogens (tertiary/aromatic N) is 1. The number of carboxylic acid groups (broad SMARTS) is 1. The number of hydrogen-bond acceptors (Lipinski definition) is 4. The van der Waals surface area contributed by atoms with Gasteiger partial charge in [0.05, 0.1) is 0 Å². The fourth-order valence-corrected chi connectivity index (χ4v) is 1.73. The van der Waals surface area contributed by atoms with Gasteiger partial charge in [0.25, 0.3) is 5.91 Å². The number of aliphatic carboxylic acids is 1. The number of aromatic nitrogens is 1. The fraction of sp³-hybridized carbons (Fsp3) is 0.500. The molecule has 0 aromatic carbocycles. The summed E-state index contributed by atoms with van der Waals surface area (Å²) in [6.45, 7) is 0.271. The molecule has 0 bridgehead atoms. The zero-order chi connectivity index (χ0) is 17.5. The van der Waals surface area contributed by atoms with Gasteiger partial charge in [-0.2, -0.15) is 13.2 Å². The second kappa shape index (κ2) is 8.35. The van der Waals surface area contributed by atoms with Gasteiger partial charge in [0.1, 0.15) is 11.6 Å². The lowest BCUT2D eigenvalue weighted by Gasteiger charge is -2.16. The van der Waals surface area contributed by atoms with E-state index < -0.39 is 36.6 Å². The number of amides is 1. The van der Waals surface area contributed by atoms with Crippen molar-refractivity contribution < 1.29 is 32.6 Å². The van der Waals surface area contributed by atoms with Crippen molar-refractivity contribution in [2.24, 2.45) is 0 Å². The lowest BCUT2D eigenvalue weighted by atomic mass is 10.1. The van der Waals surface area contributed by atoms with Crippen LogP contribution in [0.3, 0.4) is 0 Å². The first-order valence-corrected chi connectivity index (χ1v) is 6.93. The molecule has 0 spiro atoms. The molecule has 128 valence electrons. The first kappa shape index (κ1) is 18.7. The van der Waals surface area contributed by atoms with Crippen molar-refractivity contribution in [1.82, 2.24) is 10.3 Å². The molecule has 1 heterocycles. The Hall–Kier alpha value is -2.32. The van der Waals surface area contributed by atoms with Gasteiger partial charge < -0.3 is 15.2 Å². The van der Waals surface area contributed by atoms with Gasteiger partial charge in [-0.1, -0.05) is 19.8 Å². The van der Waals surface area contributed by atoms with E-state index in [1.807, 2.05) is 6.92 Å². The number of nitrogens with one attached hydrogen (secondary N) is 1. The van der Waals surface area contributed by atoms with E-state index in [-0.39, 0.29) is 12.0 Å². The molecular formula is C14H17F3N2O4. The van der Waals surface area contributed by atoms with E-state index in [2.05, 4.69) is 15.0 Å². The highest BCUT2D eigenvalue weighted by Gasteiger charge is 2.30. The predicted octanol–water partition coefficient (Wildman–Crippen LogP) is 2.40. The summed E-state index contributed by atoms with van der Waals surface area (Å²) in [7, 11) is 0. The number of halogens is 3. The van der Waals surface area contributed by atoms with Crippen LogP contribution in [-0.2, 0) is 4.79 Å². The van der Waals surface area contributed by atoms with Crippen LogP contribution in [0.25, 0.3) is 0 Å². The Morgan fingerprint density at radius 3 is 2.70 bits per heavy atom. The molecular weight excluding hydrogens is 317 g/mol. The monoisotopic (exact) mass is 334 g/mol. The SMILES string of the molecule is CCCC[C@H](NC(=O)c1cccnc1OCC(F)(F)F)C(=O)O. The highest BCUT2D eigenvalue weighted by Crippen LogP contribution is 2.20. The lowest BCUT2D eigenvalue weighted by molar-refractivity contribution is -0.154. The van der Waals surface area contributed by atoms with E-state index in [9.17, 15) is 22.8 Å². The van der Waals surface area contributed by atoms with E-state index in [4.69, 9.17) is 5.11 Å². The quantitative estimate of drug-likeness (QED) is 0.762. The van der Waals surface area contributed by atoms with Crippen molar-refractivity contribution in [3.05, 3.63) is 23.9 Å². The molecule has 2 N–H and O–H groups in total. The molecule has 0 unspecified atom stereocenters. The summed E-state index contributed by atoms with van der Waals surface area (Å²) in [6.07, 6.45) is -1.85. The third-order valence-corrected chi connectivity index (χ3v) is 2.84. The number of unbranched alkanes of at least 4 members (excludes halogenated alkanes) is 1. The average Bonchev–Trinajstić information content (AvgIpc) is 2.48.